The zero-order chi connectivity index (χ0) is 80.9. The molecule has 15 heteroatoms. The van der Waals surface area contributed by atoms with Crippen molar-refractivity contribution in [2.75, 3.05) is 39.8 Å². The summed E-state index contributed by atoms with van der Waals surface area (Å²) in [5.41, 5.74) is 9.56. The molecule has 15 nitrogen and oxygen atoms in total. The zero-order valence-corrected chi connectivity index (χ0v) is 66.0. The van der Waals surface area contributed by atoms with E-state index in [0.717, 1.165) is 107 Å². The topological polar surface area (TPSA) is 204 Å². The van der Waals surface area contributed by atoms with Crippen molar-refractivity contribution in [3.63, 3.8) is 0 Å². The van der Waals surface area contributed by atoms with Gasteiger partial charge in [-0.2, -0.15) is 0 Å². The highest BCUT2D eigenvalue weighted by Gasteiger charge is 2.51. The number of ketones is 4. The molecule has 5 saturated carbocycles. The van der Waals surface area contributed by atoms with E-state index in [9.17, 15) is 38.4 Å². The summed E-state index contributed by atoms with van der Waals surface area (Å²) in [5, 5.41) is 11.2. The highest BCUT2D eigenvalue weighted by Crippen LogP contribution is 2.61. The van der Waals surface area contributed by atoms with Crippen molar-refractivity contribution in [3.05, 3.63) is 364 Å². The summed E-state index contributed by atoms with van der Waals surface area (Å²) in [6.45, 7) is 3.88. The number of nitrogens with zero attached hydrogens (tertiary/aromatic N) is 3. The van der Waals surface area contributed by atoms with E-state index in [2.05, 4.69) is 43.1 Å². The summed E-state index contributed by atoms with van der Waals surface area (Å²) in [5.74, 6) is 1.43. The lowest BCUT2D eigenvalue weighted by Crippen LogP contribution is -2.47. The molecule has 0 radical (unpaired) electrons. The maximum atomic E-state index is 13.5. The molecule has 0 spiro atoms. The number of carbonyl (C=O) groups excluding carboxylic acids is 8. The smallest absolute Gasteiger partial charge is 0.248 e. The SMILES string of the molecule is CN1CCN(CC(=O)/C(=C/c2ccccc2)NC(=O)/C=C/c2ccccc2)CC1.O=C(/C=C/c1ccccc1)N/C(=C\c1ccccc1)C(=O)CC12CC3CC(CC(C3)C1)C2.O=C(/C=C/c1ccccc1)N/C(=C\c1ccccc1)C(=O)CC1CCCC1.O=C(/C=C/c1ccccc1)N/C(=C\c1ccccc1)C(=O)Cc1cccnc1. The van der Waals surface area contributed by atoms with Crippen molar-refractivity contribution in [1.29, 1.82) is 0 Å². The van der Waals surface area contributed by atoms with Gasteiger partial charge in [-0.1, -0.05) is 274 Å². The Kier molecular flexibility index (Phi) is 32.4. The molecule has 4 bridgehead atoms. The number of benzene rings is 8. The number of piperazine rings is 1. The van der Waals surface area contributed by atoms with Crippen molar-refractivity contribution in [2.24, 2.45) is 29.1 Å². The van der Waals surface area contributed by atoms with Crippen LogP contribution in [0, 0.1) is 29.1 Å². The zero-order valence-electron chi connectivity index (χ0n) is 66.0. The average molecular weight is 1540 g/mol. The maximum Gasteiger partial charge on any atom is 0.248 e. The molecule has 5 aliphatic carbocycles. The van der Waals surface area contributed by atoms with Gasteiger partial charge < -0.3 is 26.2 Å². The summed E-state index contributed by atoms with van der Waals surface area (Å²) >= 11 is 0. The van der Waals surface area contributed by atoms with Crippen LogP contribution >= 0.6 is 0 Å². The van der Waals surface area contributed by atoms with Gasteiger partial charge in [0.25, 0.3) is 0 Å². The van der Waals surface area contributed by atoms with Crippen LogP contribution in [0.15, 0.2) is 314 Å². The second-order valence-corrected chi connectivity index (χ2v) is 30.6. The van der Waals surface area contributed by atoms with Gasteiger partial charge in [0, 0.05) is 82.1 Å². The Morgan fingerprint density at radius 1 is 0.371 bits per heavy atom. The van der Waals surface area contributed by atoms with Crippen LogP contribution in [0.1, 0.15) is 127 Å². The Bertz CT molecular complexity index is 4920. The third-order valence-electron chi connectivity index (χ3n) is 21.3. The Balaban J connectivity index is 0.000000152. The van der Waals surface area contributed by atoms with E-state index in [4.69, 9.17) is 0 Å². The Morgan fingerprint density at radius 3 is 1.01 bits per heavy atom. The van der Waals surface area contributed by atoms with Crippen LogP contribution in [0.3, 0.4) is 0 Å². The first-order chi connectivity index (χ1) is 56.6. The van der Waals surface area contributed by atoms with Crippen LogP contribution in [0.5, 0.6) is 0 Å². The number of nitrogens with one attached hydrogen (secondary N) is 4. The average Bonchev–Trinajstić information content (AvgIpc) is 0.823. The van der Waals surface area contributed by atoms with Gasteiger partial charge in [0.05, 0.1) is 29.3 Å². The van der Waals surface area contributed by atoms with Crippen LogP contribution < -0.4 is 21.3 Å². The first kappa shape index (κ1) is 84.2. The molecule has 4 N–H and O–H groups in total. The van der Waals surface area contributed by atoms with Crippen molar-refractivity contribution < 1.29 is 38.4 Å². The normalized spacial score (nSPS) is 18.2. The molecular formula is C101H103N7O8. The van der Waals surface area contributed by atoms with E-state index in [1.165, 1.54) is 75.7 Å². The molecule has 1 aromatic heterocycles. The van der Waals surface area contributed by atoms with Crippen LogP contribution in [0.2, 0.25) is 0 Å². The van der Waals surface area contributed by atoms with Crippen LogP contribution in [0.4, 0.5) is 0 Å². The first-order valence-corrected chi connectivity index (χ1v) is 40.2. The van der Waals surface area contributed by atoms with Crippen LogP contribution in [-0.4, -0.2) is 101 Å². The van der Waals surface area contributed by atoms with Gasteiger partial charge in [-0.25, -0.2) is 0 Å². The molecular weight excluding hydrogens is 1440 g/mol. The van der Waals surface area contributed by atoms with Crippen molar-refractivity contribution in [1.82, 2.24) is 36.1 Å². The first-order valence-electron chi connectivity index (χ1n) is 40.2. The van der Waals surface area contributed by atoms with E-state index < -0.39 is 0 Å². The summed E-state index contributed by atoms with van der Waals surface area (Å²) in [7, 11) is 2.08. The summed E-state index contributed by atoms with van der Waals surface area (Å²) in [4.78, 5) is 110. The van der Waals surface area contributed by atoms with Gasteiger partial charge in [0.2, 0.25) is 23.6 Å². The van der Waals surface area contributed by atoms with E-state index in [1.807, 2.05) is 255 Å². The summed E-state index contributed by atoms with van der Waals surface area (Å²) < 4.78 is 0. The highest BCUT2D eigenvalue weighted by atomic mass is 16.2. The van der Waals surface area contributed by atoms with E-state index in [0.29, 0.717) is 42.4 Å². The number of pyridine rings is 1. The fourth-order valence-electron chi connectivity index (χ4n) is 15.9. The Hall–Kier alpha value is -12.7. The maximum absolute atomic E-state index is 13.5. The Labute approximate surface area is 682 Å². The number of hydrogen-bond donors (Lipinski definition) is 4. The third kappa shape index (κ3) is 28.7. The molecule has 15 rings (SSSR count). The Morgan fingerprint density at radius 2 is 0.681 bits per heavy atom. The number of rotatable bonds is 28. The second-order valence-electron chi connectivity index (χ2n) is 30.6. The minimum atomic E-state index is -0.356. The highest BCUT2D eigenvalue weighted by molar-refractivity contribution is 6.08. The van der Waals surface area contributed by atoms with Crippen molar-refractivity contribution >= 4 is 95.4 Å². The standard InChI is InChI=1S/C29H31NO2.C24H27N3O2.C24H20N2O2.C24H25NO2/c31-27(20-29-17-23-13-24(18-29)15-25(14-23)19-29)26(16-22-9-5-2-6-10-22)30-28(32)12-11-21-7-3-1-4-8-21;1-26-14-16-27(17-15-26)19-23(28)22(18-21-10-6-3-7-11-21)25-24(29)13-12-20-8-4-2-5-9-20;27-23(17-21-12-7-15-25-18-21)22(16-20-10-5-2-6-11-20)26-24(28)14-13-19-8-3-1-4-9-19;26-23(18-21-13-7-8-14-21)22(17-20-11-5-2-6-12-20)25-24(27)16-15-19-9-3-1-4-10-19/h1-12,16,23-25H,13-15,17-20H2,(H,30,32);2-13,18H,14-17,19H2,1H3,(H,25,29);1-16,18H,17H2,(H,26,28);1-6,9-12,15-17,21H,7-8,13-14,18H2,(H,25,27)/b12-11+,26-16-;13-12+,22-18-;14-13+,22-16-;16-15+,22-17-. The molecule has 1 aliphatic heterocycles. The molecule has 0 unspecified atom stereocenters. The fraction of sp³-hybridized carbons (Fsp3) is 0.238. The molecule has 8 aromatic carbocycles. The lowest BCUT2D eigenvalue weighted by Gasteiger charge is -2.56. The monoisotopic (exact) mass is 1540 g/mol. The van der Waals surface area contributed by atoms with Crippen LogP contribution in [0.25, 0.3) is 48.6 Å². The number of hydrogen-bond acceptors (Lipinski definition) is 11. The molecule has 1 saturated heterocycles. The quantitative estimate of drug-likeness (QED) is 0.0340. The number of allylic oxidation sites excluding steroid dienone is 3. The largest absolute Gasteiger partial charge is 0.319 e. The molecule has 6 fully saturated rings. The molecule has 4 amide bonds. The third-order valence-corrected chi connectivity index (χ3v) is 21.3. The fourth-order valence-corrected chi connectivity index (χ4v) is 15.9. The predicted octanol–water partition coefficient (Wildman–Crippen LogP) is 17.8. The van der Waals surface area contributed by atoms with Gasteiger partial charge in [-0.05, 0) is 179 Å². The van der Waals surface area contributed by atoms with Gasteiger partial charge in [-0.15, -0.1) is 0 Å². The van der Waals surface area contributed by atoms with Crippen molar-refractivity contribution in [3.8, 4) is 0 Å². The number of aromatic nitrogens is 1. The summed E-state index contributed by atoms with van der Waals surface area (Å²) in [6.07, 6.45) is 36.6. The number of carbonyl (C=O) groups is 8. The molecule has 0 atom stereocenters. The molecule has 9 aromatic rings. The van der Waals surface area contributed by atoms with Crippen molar-refractivity contribution in [2.45, 2.75) is 83.5 Å². The van der Waals surface area contributed by atoms with Gasteiger partial charge >= 0.3 is 0 Å². The number of amides is 4. The number of likely N-dealkylation sites (N-methyl/N-ethyl adjacent to an activating group) is 1. The van der Waals surface area contributed by atoms with Gasteiger partial charge in [0.15, 0.2) is 23.1 Å². The molecule has 116 heavy (non-hydrogen) atoms. The lowest BCUT2D eigenvalue weighted by molar-refractivity contribution is -0.126. The van der Waals surface area contributed by atoms with Gasteiger partial charge in [-0.3, -0.25) is 48.2 Å². The van der Waals surface area contributed by atoms with E-state index >= 15 is 0 Å². The van der Waals surface area contributed by atoms with E-state index in [1.54, 1.807) is 61.0 Å². The minimum absolute atomic E-state index is 0.00668. The summed E-state index contributed by atoms with van der Waals surface area (Å²) in [6, 6.07) is 80.4. The molecule has 590 valence electrons. The van der Waals surface area contributed by atoms with E-state index in [-0.39, 0.29) is 64.3 Å². The molecule has 6 aliphatic rings. The second kappa shape index (κ2) is 44.7. The lowest BCUT2D eigenvalue weighted by atomic mass is 9.48. The van der Waals surface area contributed by atoms with Crippen LogP contribution in [-0.2, 0) is 44.8 Å². The number of Topliss-reactive ketones (excluding diaryl/α,β-unsaturated/α-hetero) is 4. The van der Waals surface area contributed by atoms with Gasteiger partial charge in [0.1, 0.15) is 0 Å². The molecule has 2 heterocycles. The minimum Gasteiger partial charge on any atom is -0.319 e. The predicted molar refractivity (Wildman–Crippen MR) is 466 cm³/mol.